The van der Waals surface area contributed by atoms with Gasteiger partial charge in [-0.3, -0.25) is 4.79 Å². The number of nitrogens with zero attached hydrogens (tertiary/aromatic N) is 2. The molecule has 1 atom stereocenters. The summed E-state index contributed by atoms with van der Waals surface area (Å²) in [6.45, 7) is 4.89. The summed E-state index contributed by atoms with van der Waals surface area (Å²) in [4.78, 5) is 11.9. The maximum absolute atomic E-state index is 11.9. The highest BCUT2D eigenvalue weighted by atomic mass is 35.5. The van der Waals surface area contributed by atoms with Gasteiger partial charge in [0.15, 0.2) is 0 Å². The Hall–Kier alpha value is -1.11. The van der Waals surface area contributed by atoms with Gasteiger partial charge in [-0.1, -0.05) is 25.4 Å². The van der Waals surface area contributed by atoms with E-state index in [1.807, 2.05) is 13.8 Å². The molecule has 7 heteroatoms. The van der Waals surface area contributed by atoms with E-state index in [0.717, 1.165) is 0 Å². The predicted molar refractivity (Wildman–Crippen MR) is 74.7 cm³/mol. The third kappa shape index (κ3) is 4.49. The summed E-state index contributed by atoms with van der Waals surface area (Å²) in [5.74, 6) is 0.126. The van der Waals surface area contributed by atoms with Crippen LogP contribution in [0.5, 0.6) is 0 Å². The summed E-state index contributed by atoms with van der Waals surface area (Å²) < 4.78 is 6.13. The lowest BCUT2D eigenvalue weighted by Crippen LogP contribution is -2.28. The Morgan fingerprint density at radius 2 is 2.26 bits per heavy atom. The van der Waals surface area contributed by atoms with Crippen LogP contribution in [0.2, 0.25) is 5.02 Å². The van der Waals surface area contributed by atoms with Crippen LogP contribution in [-0.2, 0) is 11.3 Å². The summed E-state index contributed by atoms with van der Waals surface area (Å²) >= 11 is 5.98. The molecule has 1 heterocycles. The molecule has 6 nitrogen and oxygen atoms in total. The molecule has 0 bridgehead atoms. The molecule has 1 aromatic heterocycles. The van der Waals surface area contributed by atoms with Crippen molar-refractivity contribution >= 4 is 17.3 Å². The van der Waals surface area contributed by atoms with E-state index in [1.165, 1.54) is 10.9 Å². The van der Waals surface area contributed by atoms with Gasteiger partial charge >= 0.3 is 0 Å². The van der Waals surface area contributed by atoms with Crippen molar-refractivity contribution in [3.8, 4) is 0 Å². The largest absolute Gasteiger partial charge is 0.391 e. The number of anilines is 1. The number of methoxy groups -OCH3 is 1. The van der Waals surface area contributed by atoms with Gasteiger partial charge in [-0.2, -0.15) is 5.10 Å². The standard InChI is InChI=1S/C12H20ClN3O3/c1-8(2)10(17)7-14-9-6-15-16(4-5-19-3)12(18)11(9)13/h6,8,10,14,17H,4-5,7H2,1-3H3. The molecule has 0 fully saturated rings. The molecule has 1 aromatic rings. The highest BCUT2D eigenvalue weighted by molar-refractivity contribution is 6.32. The molecular formula is C12H20ClN3O3. The van der Waals surface area contributed by atoms with Crippen molar-refractivity contribution in [3.05, 3.63) is 21.6 Å². The minimum atomic E-state index is -0.507. The van der Waals surface area contributed by atoms with Gasteiger partial charge in [0.2, 0.25) is 0 Å². The molecular weight excluding hydrogens is 270 g/mol. The van der Waals surface area contributed by atoms with E-state index in [4.69, 9.17) is 16.3 Å². The van der Waals surface area contributed by atoms with Crippen LogP contribution in [-0.4, -0.2) is 41.3 Å². The van der Waals surface area contributed by atoms with E-state index in [9.17, 15) is 9.90 Å². The first kappa shape index (κ1) is 15.9. The molecule has 0 saturated heterocycles. The topological polar surface area (TPSA) is 76.4 Å². The minimum absolute atomic E-state index is 0.0714. The molecule has 0 amide bonds. The monoisotopic (exact) mass is 289 g/mol. The molecule has 1 unspecified atom stereocenters. The number of aromatic nitrogens is 2. The maximum Gasteiger partial charge on any atom is 0.287 e. The second-order valence-electron chi connectivity index (χ2n) is 4.59. The van der Waals surface area contributed by atoms with Crippen LogP contribution in [0.1, 0.15) is 13.8 Å². The molecule has 2 N–H and O–H groups in total. The highest BCUT2D eigenvalue weighted by Gasteiger charge is 2.12. The lowest BCUT2D eigenvalue weighted by molar-refractivity contribution is 0.138. The molecule has 1 rings (SSSR count). The Kier molecular flexibility index (Phi) is 6.27. The first-order valence-corrected chi connectivity index (χ1v) is 6.51. The number of rotatable bonds is 7. The quantitative estimate of drug-likeness (QED) is 0.782. The second kappa shape index (κ2) is 7.47. The van der Waals surface area contributed by atoms with Gasteiger partial charge in [0, 0.05) is 13.7 Å². The average molecular weight is 290 g/mol. The molecule has 108 valence electrons. The molecule has 0 aliphatic carbocycles. The number of hydrogen-bond donors (Lipinski definition) is 2. The zero-order valence-electron chi connectivity index (χ0n) is 11.4. The Balaban J connectivity index is 2.76. The van der Waals surface area contributed by atoms with E-state index in [2.05, 4.69) is 10.4 Å². The molecule has 0 spiro atoms. The van der Waals surface area contributed by atoms with Crippen molar-refractivity contribution in [1.82, 2.24) is 9.78 Å². The molecule has 0 aromatic carbocycles. The maximum atomic E-state index is 11.9. The fourth-order valence-corrected chi connectivity index (χ4v) is 1.59. The van der Waals surface area contributed by atoms with Gasteiger partial charge in [0.25, 0.3) is 5.56 Å². The summed E-state index contributed by atoms with van der Waals surface area (Å²) in [5.41, 5.74) is 0.0581. The lowest BCUT2D eigenvalue weighted by atomic mass is 10.1. The van der Waals surface area contributed by atoms with Gasteiger partial charge < -0.3 is 15.2 Å². The summed E-state index contributed by atoms with van der Waals surface area (Å²) in [5, 5.41) is 16.7. The van der Waals surface area contributed by atoms with Gasteiger partial charge in [0.1, 0.15) is 5.02 Å². The third-order valence-electron chi connectivity index (χ3n) is 2.76. The first-order chi connectivity index (χ1) is 8.97. The number of aliphatic hydroxyl groups excluding tert-OH is 1. The van der Waals surface area contributed by atoms with Crippen molar-refractivity contribution in [2.75, 3.05) is 25.6 Å². The smallest absolute Gasteiger partial charge is 0.287 e. The van der Waals surface area contributed by atoms with Crippen molar-refractivity contribution in [3.63, 3.8) is 0 Å². The Labute approximate surface area is 117 Å². The zero-order valence-corrected chi connectivity index (χ0v) is 12.1. The summed E-state index contributed by atoms with van der Waals surface area (Å²) in [7, 11) is 1.55. The number of aliphatic hydroxyl groups is 1. The number of hydrogen-bond acceptors (Lipinski definition) is 5. The first-order valence-electron chi connectivity index (χ1n) is 6.13. The normalized spacial score (nSPS) is 12.7. The van der Waals surface area contributed by atoms with Crippen LogP contribution < -0.4 is 10.9 Å². The number of nitrogens with one attached hydrogen (secondary N) is 1. The summed E-state index contributed by atoms with van der Waals surface area (Å²) in [6, 6.07) is 0. The van der Waals surface area contributed by atoms with Crippen LogP contribution in [0.25, 0.3) is 0 Å². The Morgan fingerprint density at radius 1 is 1.58 bits per heavy atom. The van der Waals surface area contributed by atoms with E-state index in [1.54, 1.807) is 7.11 Å². The fraction of sp³-hybridized carbons (Fsp3) is 0.667. The van der Waals surface area contributed by atoms with Gasteiger partial charge in [-0.15, -0.1) is 0 Å². The number of halogens is 1. The van der Waals surface area contributed by atoms with Crippen LogP contribution in [0, 0.1) is 5.92 Å². The SMILES string of the molecule is COCCn1ncc(NCC(O)C(C)C)c(Cl)c1=O. The average Bonchev–Trinajstić information content (AvgIpc) is 2.38. The van der Waals surface area contributed by atoms with Crippen LogP contribution >= 0.6 is 11.6 Å². The van der Waals surface area contributed by atoms with Gasteiger partial charge in [0.05, 0.1) is 31.1 Å². The van der Waals surface area contributed by atoms with Crippen LogP contribution in [0.3, 0.4) is 0 Å². The van der Waals surface area contributed by atoms with Crippen LogP contribution in [0.4, 0.5) is 5.69 Å². The lowest BCUT2D eigenvalue weighted by Gasteiger charge is -2.16. The molecule has 0 saturated carbocycles. The predicted octanol–water partition coefficient (Wildman–Crippen LogP) is 0.972. The Bertz CT molecular complexity index is 462. The van der Waals surface area contributed by atoms with Crippen molar-refractivity contribution in [2.24, 2.45) is 5.92 Å². The second-order valence-corrected chi connectivity index (χ2v) is 4.96. The minimum Gasteiger partial charge on any atom is -0.391 e. The van der Waals surface area contributed by atoms with Gasteiger partial charge in [-0.25, -0.2) is 4.68 Å². The Morgan fingerprint density at radius 3 is 2.84 bits per heavy atom. The van der Waals surface area contributed by atoms with E-state index in [0.29, 0.717) is 25.4 Å². The fourth-order valence-electron chi connectivity index (χ4n) is 1.38. The van der Waals surface area contributed by atoms with E-state index >= 15 is 0 Å². The van der Waals surface area contributed by atoms with E-state index < -0.39 is 6.10 Å². The van der Waals surface area contributed by atoms with E-state index in [-0.39, 0.29) is 16.5 Å². The van der Waals surface area contributed by atoms with Crippen molar-refractivity contribution in [1.29, 1.82) is 0 Å². The molecule has 0 radical (unpaired) electrons. The number of ether oxygens (including phenoxy) is 1. The molecule has 0 aliphatic heterocycles. The van der Waals surface area contributed by atoms with Crippen molar-refractivity contribution in [2.45, 2.75) is 26.5 Å². The van der Waals surface area contributed by atoms with Gasteiger partial charge in [-0.05, 0) is 5.92 Å². The summed E-state index contributed by atoms with van der Waals surface area (Å²) in [6.07, 6.45) is 0.971. The highest BCUT2D eigenvalue weighted by Crippen LogP contribution is 2.15. The van der Waals surface area contributed by atoms with Crippen molar-refractivity contribution < 1.29 is 9.84 Å². The third-order valence-corrected chi connectivity index (χ3v) is 3.13. The molecule has 0 aliphatic rings. The molecule has 19 heavy (non-hydrogen) atoms. The zero-order chi connectivity index (χ0) is 14.4. The van der Waals surface area contributed by atoms with Crippen LogP contribution in [0.15, 0.2) is 11.0 Å².